The molecule has 1 aromatic rings. The molecule has 0 bridgehead atoms. The highest BCUT2D eigenvalue weighted by Gasteiger charge is 2.36. The van der Waals surface area contributed by atoms with E-state index in [4.69, 9.17) is 16.7 Å². The average Bonchev–Trinajstić information content (AvgIpc) is 3.19. The van der Waals surface area contributed by atoms with Crippen LogP contribution in [0.2, 0.25) is 5.02 Å². The SMILES string of the molecule is O=C1CC(C(=O)NC(c2c(F)ccc(Cl)c2F)C2CCCC2)CN(CCO)C(=O)N1. The second-order valence-corrected chi connectivity index (χ2v) is 8.12. The monoisotopic (exact) mass is 443 g/mol. The van der Waals surface area contributed by atoms with Gasteiger partial charge in [-0.3, -0.25) is 14.9 Å². The number of urea groups is 1. The number of aliphatic hydroxyl groups is 1. The van der Waals surface area contributed by atoms with E-state index in [-0.39, 0.29) is 42.6 Å². The van der Waals surface area contributed by atoms with Crippen LogP contribution in [-0.2, 0) is 9.59 Å². The predicted octanol–water partition coefficient (Wildman–Crippen LogP) is 2.52. The fraction of sp³-hybridized carbons (Fsp3) is 0.550. The third kappa shape index (κ3) is 4.89. The first-order valence-electron chi connectivity index (χ1n) is 9.95. The quantitative estimate of drug-likeness (QED) is 0.588. The van der Waals surface area contributed by atoms with Gasteiger partial charge in [-0.25, -0.2) is 13.6 Å². The Balaban J connectivity index is 1.87. The van der Waals surface area contributed by atoms with E-state index in [1.807, 2.05) is 0 Å². The molecule has 2 unspecified atom stereocenters. The molecule has 2 atom stereocenters. The van der Waals surface area contributed by atoms with E-state index < -0.39 is 41.4 Å². The van der Waals surface area contributed by atoms with Crippen molar-refractivity contribution >= 4 is 29.4 Å². The molecule has 1 heterocycles. The van der Waals surface area contributed by atoms with Crippen molar-refractivity contribution in [2.45, 2.75) is 38.1 Å². The summed E-state index contributed by atoms with van der Waals surface area (Å²) in [6, 6.07) is 0.558. The maximum atomic E-state index is 14.7. The molecule has 164 valence electrons. The second kappa shape index (κ2) is 9.70. The molecule has 3 rings (SSSR count). The smallest absolute Gasteiger partial charge is 0.324 e. The zero-order chi connectivity index (χ0) is 21.8. The molecule has 0 aromatic heterocycles. The number of nitrogens with one attached hydrogen (secondary N) is 2. The van der Waals surface area contributed by atoms with Crippen molar-refractivity contribution in [2.24, 2.45) is 11.8 Å². The molecule has 1 saturated carbocycles. The number of hydrogen-bond donors (Lipinski definition) is 3. The van der Waals surface area contributed by atoms with Gasteiger partial charge in [0.25, 0.3) is 0 Å². The zero-order valence-electron chi connectivity index (χ0n) is 16.3. The van der Waals surface area contributed by atoms with Gasteiger partial charge < -0.3 is 15.3 Å². The highest BCUT2D eigenvalue weighted by molar-refractivity contribution is 6.30. The van der Waals surface area contributed by atoms with Crippen molar-refractivity contribution < 1.29 is 28.3 Å². The van der Waals surface area contributed by atoms with Crippen LogP contribution in [-0.4, -0.2) is 47.5 Å². The third-order valence-corrected chi connectivity index (χ3v) is 6.00. The summed E-state index contributed by atoms with van der Waals surface area (Å²) in [5.41, 5.74) is -0.288. The van der Waals surface area contributed by atoms with Gasteiger partial charge in [0.05, 0.1) is 23.6 Å². The van der Waals surface area contributed by atoms with E-state index in [9.17, 15) is 23.2 Å². The minimum Gasteiger partial charge on any atom is -0.395 e. The molecule has 1 aliphatic heterocycles. The van der Waals surface area contributed by atoms with E-state index in [1.54, 1.807) is 0 Å². The van der Waals surface area contributed by atoms with Gasteiger partial charge in [0.15, 0.2) is 0 Å². The van der Waals surface area contributed by atoms with Crippen LogP contribution in [0.15, 0.2) is 12.1 Å². The van der Waals surface area contributed by atoms with Crippen LogP contribution >= 0.6 is 11.6 Å². The fourth-order valence-electron chi connectivity index (χ4n) is 4.19. The summed E-state index contributed by atoms with van der Waals surface area (Å²) in [7, 11) is 0. The van der Waals surface area contributed by atoms with Crippen molar-refractivity contribution in [1.82, 2.24) is 15.5 Å². The number of halogens is 3. The molecule has 1 saturated heterocycles. The summed E-state index contributed by atoms with van der Waals surface area (Å²) < 4.78 is 29.3. The van der Waals surface area contributed by atoms with Crippen molar-refractivity contribution in [2.75, 3.05) is 19.7 Å². The number of benzene rings is 1. The Bertz CT molecular complexity index is 833. The van der Waals surface area contributed by atoms with Crippen LogP contribution in [0, 0.1) is 23.5 Å². The number of amides is 4. The number of hydrogen-bond acceptors (Lipinski definition) is 4. The molecule has 1 aromatic carbocycles. The molecular weight excluding hydrogens is 420 g/mol. The van der Waals surface area contributed by atoms with Crippen molar-refractivity contribution in [3.05, 3.63) is 34.4 Å². The Morgan fingerprint density at radius 1 is 1.30 bits per heavy atom. The lowest BCUT2D eigenvalue weighted by molar-refractivity contribution is -0.130. The second-order valence-electron chi connectivity index (χ2n) is 7.71. The Hall–Kier alpha value is -2.26. The maximum absolute atomic E-state index is 14.7. The molecular formula is C20H24ClF2N3O4. The highest BCUT2D eigenvalue weighted by Crippen LogP contribution is 2.39. The molecule has 1 aliphatic carbocycles. The molecule has 0 radical (unpaired) electrons. The van der Waals surface area contributed by atoms with Crippen LogP contribution in [0.5, 0.6) is 0 Å². The number of rotatable bonds is 6. The molecule has 4 amide bonds. The number of β-amino-alcohol motifs (C(OH)–C–C–N with tert-alkyl or cyclic N) is 1. The number of imide groups is 1. The molecule has 7 nitrogen and oxygen atoms in total. The van der Waals surface area contributed by atoms with E-state index >= 15 is 0 Å². The van der Waals surface area contributed by atoms with Gasteiger partial charge in [0.1, 0.15) is 11.6 Å². The lowest BCUT2D eigenvalue weighted by atomic mass is 9.90. The predicted molar refractivity (Wildman–Crippen MR) is 105 cm³/mol. The molecule has 10 heteroatoms. The summed E-state index contributed by atoms with van der Waals surface area (Å²) in [5.74, 6) is -4.02. The first-order valence-corrected chi connectivity index (χ1v) is 10.3. The number of carbonyl (C=O) groups is 3. The van der Waals surface area contributed by atoms with Crippen LogP contribution in [0.1, 0.15) is 43.7 Å². The van der Waals surface area contributed by atoms with Gasteiger partial charge >= 0.3 is 6.03 Å². The molecule has 2 fully saturated rings. The minimum atomic E-state index is -0.938. The van der Waals surface area contributed by atoms with Crippen molar-refractivity contribution in [3.63, 3.8) is 0 Å². The maximum Gasteiger partial charge on any atom is 0.324 e. The number of carbonyl (C=O) groups excluding carboxylic acids is 3. The standard InChI is InChI=1S/C20H24ClF2N3O4/c21-13-5-6-14(22)16(17(13)23)18(11-3-1-2-4-11)25-19(29)12-9-15(28)24-20(30)26(10-12)7-8-27/h5-6,11-12,18,27H,1-4,7-10H2,(H,25,29)(H,24,28,30). The van der Waals surface area contributed by atoms with Crippen LogP contribution in [0.3, 0.4) is 0 Å². The minimum absolute atomic E-state index is 0.0491. The van der Waals surface area contributed by atoms with Crippen LogP contribution in [0.25, 0.3) is 0 Å². The van der Waals surface area contributed by atoms with Gasteiger partial charge in [0, 0.05) is 25.1 Å². The largest absolute Gasteiger partial charge is 0.395 e. The summed E-state index contributed by atoms with van der Waals surface area (Å²) in [4.78, 5) is 38.2. The molecule has 2 aliphatic rings. The summed E-state index contributed by atoms with van der Waals surface area (Å²) in [6.07, 6.45) is 2.89. The highest BCUT2D eigenvalue weighted by atomic mass is 35.5. The average molecular weight is 444 g/mol. The van der Waals surface area contributed by atoms with E-state index in [0.717, 1.165) is 25.0 Å². The Labute approximate surface area is 177 Å². The lowest BCUT2D eigenvalue weighted by Crippen LogP contribution is -2.44. The molecule has 30 heavy (non-hydrogen) atoms. The Kier molecular flexibility index (Phi) is 7.25. The number of aliphatic hydroxyl groups excluding tert-OH is 1. The van der Waals surface area contributed by atoms with Crippen LogP contribution < -0.4 is 10.6 Å². The Morgan fingerprint density at radius 3 is 2.67 bits per heavy atom. The topological polar surface area (TPSA) is 98.7 Å². The summed E-state index contributed by atoms with van der Waals surface area (Å²) in [6.45, 7) is -0.478. The first kappa shape index (κ1) is 22.4. The first-order chi connectivity index (χ1) is 14.3. The van der Waals surface area contributed by atoms with Gasteiger partial charge in [-0.05, 0) is 30.9 Å². The van der Waals surface area contributed by atoms with Crippen molar-refractivity contribution in [1.29, 1.82) is 0 Å². The van der Waals surface area contributed by atoms with Crippen LogP contribution in [0.4, 0.5) is 13.6 Å². The summed E-state index contributed by atoms with van der Waals surface area (Å²) in [5, 5.41) is 13.8. The fourth-order valence-corrected chi connectivity index (χ4v) is 4.36. The Morgan fingerprint density at radius 2 is 2.00 bits per heavy atom. The normalized spacial score (nSPS) is 21.3. The van der Waals surface area contributed by atoms with Gasteiger partial charge in [-0.2, -0.15) is 0 Å². The number of nitrogens with zero attached hydrogens (tertiary/aromatic N) is 1. The third-order valence-electron chi connectivity index (χ3n) is 5.71. The van der Waals surface area contributed by atoms with Gasteiger partial charge in [-0.1, -0.05) is 24.4 Å². The van der Waals surface area contributed by atoms with Gasteiger partial charge in [-0.15, -0.1) is 0 Å². The van der Waals surface area contributed by atoms with E-state index in [1.165, 1.54) is 4.90 Å². The van der Waals surface area contributed by atoms with Gasteiger partial charge in [0.2, 0.25) is 11.8 Å². The van der Waals surface area contributed by atoms with E-state index in [2.05, 4.69) is 10.6 Å². The summed E-state index contributed by atoms with van der Waals surface area (Å²) >= 11 is 5.86. The zero-order valence-corrected chi connectivity index (χ0v) is 17.1. The lowest BCUT2D eigenvalue weighted by Gasteiger charge is -2.29. The molecule has 0 spiro atoms. The molecule has 3 N–H and O–H groups in total. The van der Waals surface area contributed by atoms with E-state index in [0.29, 0.717) is 12.8 Å². The van der Waals surface area contributed by atoms with Crippen molar-refractivity contribution in [3.8, 4) is 0 Å².